The van der Waals surface area contributed by atoms with E-state index >= 15 is 0 Å². The molecule has 3 heteroatoms. The van der Waals surface area contributed by atoms with Crippen LogP contribution in [0.2, 0.25) is 0 Å². The topological polar surface area (TPSA) is 9.23 Å². The van der Waals surface area contributed by atoms with E-state index in [0.29, 0.717) is 12.5 Å². The van der Waals surface area contributed by atoms with Gasteiger partial charge in [0.2, 0.25) is 0 Å². The standard InChI is InChI=1S/C11H14BrClO/c1-9-3-2-4-10(7-9)11(8-12)14-6-5-13/h2-4,7,11H,5-6,8H2,1H3. The molecule has 0 spiro atoms. The molecule has 0 N–H and O–H groups in total. The number of hydrogen-bond acceptors (Lipinski definition) is 1. The van der Waals surface area contributed by atoms with Crippen molar-refractivity contribution in [3.05, 3.63) is 35.4 Å². The van der Waals surface area contributed by atoms with Crippen LogP contribution in [0.3, 0.4) is 0 Å². The fourth-order valence-electron chi connectivity index (χ4n) is 1.29. The second-order valence-corrected chi connectivity index (χ2v) is 4.14. The van der Waals surface area contributed by atoms with E-state index in [1.54, 1.807) is 0 Å². The highest BCUT2D eigenvalue weighted by molar-refractivity contribution is 9.09. The molecule has 0 aliphatic rings. The Labute approximate surface area is 98.5 Å². The van der Waals surface area contributed by atoms with E-state index in [0.717, 1.165) is 5.33 Å². The maximum absolute atomic E-state index is 5.60. The van der Waals surface area contributed by atoms with Gasteiger partial charge in [0.1, 0.15) is 0 Å². The number of aryl methyl sites for hydroxylation is 1. The van der Waals surface area contributed by atoms with Crippen LogP contribution in [0, 0.1) is 6.92 Å². The first kappa shape index (κ1) is 12.0. The summed E-state index contributed by atoms with van der Waals surface area (Å²) < 4.78 is 5.60. The molecule has 1 aromatic rings. The fraction of sp³-hybridized carbons (Fsp3) is 0.455. The van der Waals surface area contributed by atoms with Crippen molar-refractivity contribution in [1.82, 2.24) is 0 Å². The molecule has 1 unspecified atom stereocenters. The van der Waals surface area contributed by atoms with Gasteiger partial charge in [0.05, 0.1) is 12.7 Å². The van der Waals surface area contributed by atoms with Crippen molar-refractivity contribution in [2.45, 2.75) is 13.0 Å². The minimum atomic E-state index is 0.105. The maximum Gasteiger partial charge on any atom is 0.0922 e. The van der Waals surface area contributed by atoms with Gasteiger partial charge in [-0.3, -0.25) is 0 Å². The molecule has 0 aliphatic carbocycles. The Kier molecular flexibility index (Phi) is 5.53. The molecule has 0 aliphatic heterocycles. The Morgan fingerprint density at radius 2 is 2.29 bits per heavy atom. The number of ether oxygens (including phenoxy) is 1. The monoisotopic (exact) mass is 276 g/mol. The zero-order valence-corrected chi connectivity index (χ0v) is 10.5. The lowest BCUT2D eigenvalue weighted by Gasteiger charge is -2.15. The number of alkyl halides is 2. The Morgan fingerprint density at radius 1 is 1.50 bits per heavy atom. The quantitative estimate of drug-likeness (QED) is 0.746. The second-order valence-electron chi connectivity index (χ2n) is 3.12. The van der Waals surface area contributed by atoms with E-state index in [9.17, 15) is 0 Å². The summed E-state index contributed by atoms with van der Waals surface area (Å²) in [6.07, 6.45) is 0.105. The highest BCUT2D eigenvalue weighted by atomic mass is 79.9. The molecule has 1 atom stereocenters. The average molecular weight is 278 g/mol. The van der Waals surface area contributed by atoms with Crippen molar-refractivity contribution < 1.29 is 4.74 Å². The molecule has 1 nitrogen and oxygen atoms in total. The molecule has 0 radical (unpaired) electrons. The predicted molar refractivity (Wildman–Crippen MR) is 64.4 cm³/mol. The van der Waals surface area contributed by atoms with E-state index in [2.05, 4.69) is 41.1 Å². The lowest BCUT2D eigenvalue weighted by atomic mass is 10.1. The van der Waals surface area contributed by atoms with Gasteiger partial charge in [0.25, 0.3) is 0 Å². The lowest BCUT2D eigenvalue weighted by molar-refractivity contribution is 0.0821. The van der Waals surface area contributed by atoms with E-state index in [1.165, 1.54) is 11.1 Å². The van der Waals surface area contributed by atoms with Crippen LogP contribution in [0.15, 0.2) is 24.3 Å². The van der Waals surface area contributed by atoms with E-state index < -0.39 is 0 Å². The van der Waals surface area contributed by atoms with E-state index in [-0.39, 0.29) is 6.10 Å². The van der Waals surface area contributed by atoms with E-state index in [4.69, 9.17) is 16.3 Å². The molecular weight excluding hydrogens is 263 g/mol. The van der Waals surface area contributed by atoms with Crippen LogP contribution >= 0.6 is 27.5 Å². The zero-order valence-electron chi connectivity index (χ0n) is 8.17. The lowest BCUT2D eigenvalue weighted by Crippen LogP contribution is -2.07. The third-order valence-electron chi connectivity index (χ3n) is 1.95. The summed E-state index contributed by atoms with van der Waals surface area (Å²) in [6.45, 7) is 2.67. The predicted octanol–water partition coefficient (Wildman–Crippen LogP) is 3.69. The number of halogens is 2. The first-order valence-corrected chi connectivity index (χ1v) is 6.23. The molecule has 0 amide bonds. The minimum Gasteiger partial charge on any atom is -0.371 e. The zero-order chi connectivity index (χ0) is 10.4. The molecular formula is C11H14BrClO. The normalized spacial score (nSPS) is 12.8. The molecule has 0 heterocycles. The Morgan fingerprint density at radius 3 is 2.86 bits per heavy atom. The summed E-state index contributed by atoms with van der Waals surface area (Å²) in [5.41, 5.74) is 2.45. The minimum absolute atomic E-state index is 0.105. The third kappa shape index (κ3) is 3.60. The molecule has 14 heavy (non-hydrogen) atoms. The third-order valence-corrected chi connectivity index (χ3v) is 2.69. The largest absolute Gasteiger partial charge is 0.371 e. The first-order valence-electron chi connectivity index (χ1n) is 4.58. The molecule has 78 valence electrons. The van der Waals surface area contributed by atoms with Crippen LogP contribution in [-0.4, -0.2) is 17.8 Å². The smallest absolute Gasteiger partial charge is 0.0922 e. The molecule has 1 rings (SSSR count). The summed E-state index contributed by atoms with van der Waals surface area (Å²) in [5.74, 6) is 0.537. The molecule has 0 bridgehead atoms. The summed E-state index contributed by atoms with van der Waals surface area (Å²) in [7, 11) is 0. The number of hydrogen-bond donors (Lipinski definition) is 0. The number of rotatable bonds is 5. The van der Waals surface area contributed by atoms with Crippen molar-refractivity contribution >= 4 is 27.5 Å². The molecule has 0 fully saturated rings. The maximum atomic E-state index is 5.60. The van der Waals surface area contributed by atoms with Crippen LogP contribution in [0.1, 0.15) is 17.2 Å². The van der Waals surface area contributed by atoms with Crippen molar-refractivity contribution in [2.24, 2.45) is 0 Å². The van der Waals surface area contributed by atoms with Gasteiger partial charge < -0.3 is 4.74 Å². The van der Waals surface area contributed by atoms with Crippen molar-refractivity contribution in [3.63, 3.8) is 0 Å². The Bertz CT molecular complexity index is 278. The van der Waals surface area contributed by atoms with Gasteiger partial charge in [0, 0.05) is 11.2 Å². The SMILES string of the molecule is Cc1cccc(C(CBr)OCCCl)c1. The van der Waals surface area contributed by atoms with Crippen LogP contribution in [-0.2, 0) is 4.74 Å². The summed E-state index contributed by atoms with van der Waals surface area (Å²) in [6, 6.07) is 8.34. The fourth-order valence-corrected chi connectivity index (χ4v) is 1.94. The highest BCUT2D eigenvalue weighted by Gasteiger charge is 2.09. The highest BCUT2D eigenvalue weighted by Crippen LogP contribution is 2.20. The Hall–Kier alpha value is -0.0500. The molecule has 0 saturated heterocycles. The van der Waals surface area contributed by atoms with Crippen LogP contribution in [0.4, 0.5) is 0 Å². The molecule has 1 aromatic carbocycles. The molecule has 0 aromatic heterocycles. The number of benzene rings is 1. The van der Waals surface area contributed by atoms with Crippen LogP contribution in [0.25, 0.3) is 0 Å². The van der Waals surface area contributed by atoms with Gasteiger partial charge in [0.15, 0.2) is 0 Å². The van der Waals surface area contributed by atoms with Gasteiger partial charge >= 0.3 is 0 Å². The Balaban J connectivity index is 2.68. The van der Waals surface area contributed by atoms with Crippen LogP contribution < -0.4 is 0 Å². The van der Waals surface area contributed by atoms with Crippen molar-refractivity contribution in [2.75, 3.05) is 17.8 Å². The summed E-state index contributed by atoms with van der Waals surface area (Å²) in [5, 5.41) is 0.799. The van der Waals surface area contributed by atoms with Crippen molar-refractivity contribution in [3.8, 4) is 0 Å². The van der Waals surface area contributed by atoms with E-state index in [1.807, 2.05) is 6.07 Å². The van der Waals surface area contributed by atoms with Gasteiger partial charge in [-0.2, -0.15) is 0 Å². The average Bonchev–Trinajstić information content (AvgIpc) is 2.19. The van der Waals surface area contributed by atoms with Gasteiger partial charge in [-0.15, -0.1) is 11.6 Å². The summed E-state index contributed by atoms with van der Waals surface area (Å²) in [4.78, 5) is 0. The summed E-state index contributed by atoms with van der Waals surface area (Å²) >= 11 is 9.02. The van der Waals surface area contributed by atoms with Crippen LogP contribution in [0.5, 0.6) is 0 Å². The second kappa shape index (κ2) is 6.44. The molecule has 0 saturated carbocycles. The van der Waals surface area contributed by atoms with Gasteiger partial charge in [-0.1, -0.05) is 45.8 Å². The van der Waals surface area contributed by atoms with Gasteiger partial charge in [-0.25, -0.2) is 0 Å². The van der Waals surface area contributed by atoms with Gasteiger partial charge in [-0.05, 0) is 12.5 Å². The van der Waals surface area contributed by atoms with Crippen molar-refractivity contribution in [1.29, 1.82) is 0 Å². The first-order chi connectivity index (χ1) is 6.77.